The Labute approximate surface area is 131 Å². The number of carbonyl (C=O) groups excluding carboxylic acids is 1. The number of amides is 1. The average Bonchev–Trinajstić information content (AvgIpc) is 2.98. The predicted octanol–water partition coefficient (Wildman–Crippen LogP) is 1.58. The van der Waals surface area contributed by atoms with Crippen LogP contribution in [0.25, 0.3) is 0 Å². The van der Waals surface area contributed by atoms with Crippen molar-refractivity contribution in [3.63, 3.8) is 0 Å². The van der Waals surface area contributed by atoms with Crippen LogP contribution in [0.4, 0.5) is 4.39 Å². The van der Waals surface area contributed by atoms with E-state index >= 15 is 0 Å². The molecule has 0 spiro atoms. The lowest BCUT2D eigenvalue weighted by molar-refractivity contribution is -0.125. The van der Waals surface area contributed by atoms with Crippen LogP contribution >= 0.6 is 0 Å². The maximum Gasteiger partial charge on any atom is 0.237 e. The van der Waals surface area contributed by atoms with Gasteiger partial charge in [0.25, 0.3) is 0 Å². The first-order valence-electron chi connectivity index (χ1n) is 7.91. The van der Waals surface area contributed by atoms with Gasteiger partial charge in [0.05, 0.1) is 12.1 Å². The number of aliphatic hydroxyl groups excluding tert-OH is 1. The Bertz CT molecular complexity index is 490. The van der Waals surface area contributed by atoms with Gasteiger partial charge in [-0.15, -0.1) is 0 Å². The molecule has 0 aromatic heterocycles. The van der Waals surface area contributed by atoms with Gasteiger partial charge in [0.15, 0.2) is 0 Å². The highest BCUT2D eigenvalue weighted by atomic mass is 19.1. The minimum absolute atomic E-state index is 0.00774. The summed E-state index contributed by atoms with van der Waals surface area (Å²) in [5, 5.41) is 12.6. The summed E-state index contributed by atoms with van der Waals surface area (Å²) >= 11 is 0. The van der Waals surface area contributed by atoms with E-state index in [1.165, 1.54) is 12.1 Å². The van der Waals surface area contributed by atoms with Gasteiger partial charge >= 0.3 is 0 Å². The summed E-state index contributed by atoms with van der Waals surface area (Å²) in [6.07, 6.45) is 1.30. The van der Waals surface area contributed by atoms with E-state index in [9.17, 15) is 14.3 Å². The lowest BCUT2D eigenvalue weighted by atomic mass is 10.0. The number of likely N-dealkylation sites (tertiary alicyclic amines) is 1. The lowest BCUT2D eigenvalue weighted by Gasteiger charge is -2.24. The van der Waals surface area contributed by atoms with Crippen LogP contribution in [0.2, 0.25) is 0 Å². The highest BCUT2D eigenvalue weighted by Gasteiger charge is 2.31. The third kappa shape index (κ3) is 4.52. The number of hydrogen-bond acceptors (Lipinski definition) is 3. The van der Waals surface area contributed by atoms with Crippen molar-refractivity contribution in [2.75, 3.05) is 19.6 Å². The van der Waals surface area contributed by atoms with E-state index < -0.39 is 0 Å². The minimum Gasteiger partial charge on any atom is -0.393 e. The third-order valence-electron chi connectivity index (χ3n) is 4.49. The third-order valence-corrected chi connectivity index (χ3v) is 4.49. The number of halogens is 1. The van der Waals surface area contributed by atoms with Crippen LogP contribution in [-0.2, 0) is 11.2 Å². The van der Waals surface area contributed by atoms with Crippen molar-refractivity contribution in [3.05, 3.63) is 35.6 Å². The second kappa shape index (κ2) is 7.70. The number of rotatable bonds is 6. The highest BCUT2D eigenvalue weighted by molar-refractivity contribution is 5.81. The number of benzene rings is 1. The van der Waals surface area contributed by atoms with Crippen LogP contribution in [0.3, 0.4) is 0 Å². The van der Waals surface area contributed by atoms with Crippen LogP contribution in [0.1, 0.15) is 25.8 Å². The molecule has 3 unspecified atom stereocenters. The van der Waals surface area contributed by atoms with Gasteiger partial charge in [-0.25, -0.2) is 4.39 Å². The fourth-order valence-electron chi connectivity index (χ4n) is 2.86. The maximum absolute atomic E-state index is 12.8. The fourth-order valence-corrected chi connectivity index (χ4v) is 2.86. The molecule has 1 aliphatic heterocycles. The molecule has 1 fully saturated rings. The summed E-state index contributed by atoms with van der Waals surface area (Å²) in [6.45, 7) is 5.87. The van der Waals surface area contributed by atoms with E-state index in [1.54, 1.807) is 12.1 Å². The van der Waals surface area contributed by atoms with Gasteiger partial charge in [-0.05, 0) is 56.8 Å². The van der Waals surface area contributed by atoms with Crippen molar-refractivity contribution >= 4 is 5.91 Å². The van der Waals surface area contributed by atoms with Crippen LogP contribution in [0, 0.1) is 11.7 Å². The molecule has 2 rings (SSSR count). The Morgan fingerprint density at radius 3 is 2.68 bits per heavy atom. The molecule has 5 heteroatoms. The van der Waals surface area contributed by atoms with Gasteiger partial charge in [0.1, 0.15) is 5.82 Å². The van der Waals surface area contributed by atoms with Crippen molar-refractivity contribution in [3.8, 4) is 0 Å². The van der Waals surface area contributed by atoms with Crippen LogP contribution in [0.15, 0.2) is 24.3 Å². The first-order chi connectivity index (χ1) is 10.5. The molecule has 22 heavy (non-hydrogen) atoms. The van der Waals surface area contributed by atoms with E-state index in [4.69, 9.17) is 0 Å². The van der Waals surface area contributed by atoms with Crippen LogP contribution in [-0.4, -0.2) is 47.7 Å². The van der Waals surface area contributed by atoms with E-state index in [-0.39, 0.29) is 29.8 Å². The largest absolute Gasteiger partial charge is 0.393 e. The van der Waals surface area contributed by atoms with Crippen molar-refractivity contribution in [2.45, 2.75) is 38.8 Å². The maximum atomic E-state index is 12.8. The molecule has 0 radical (unpaired) electrons. The second-order valence-electron chi connectivity index (χ2n) is 6.13. The molecule has 122 valence electrons. The molecule has 1 saturated heterocycles. The number of nitrogens with one attached hydrogen (secondary N) is 1. The van der Waals surface area contributed by atoms with E-state index in [2.05, 4.69) is 10.2 Å². The highest BCUT2D eigenvalue weighted by Crippen LogP contribution is 2.21. The van der Waals surface area contributed by atoms with Gasteiger partial charge in [-0.2, -0.15) is 0 Å². The Balaban J connectivity index is 1.74. The Kier molecular flexibility index (Phi) is 5.91. The summed E-state index contributed by atoms with van der Waals surface area (Å²) in [5.74, 6) is 0.0194. The number of carbonyl (C=O) groups is 1. The first kappa shape index (κ1) is 16.9. The fraction of sp³-hybridized carbons (Fsp3) is 0.588. The molecule has 4 nitrogen and oxygen atoms in total. The molecule has 0 saturated carbocycles. The van der Waals surface area contributed by atoms with Crippen LogP contribution < -0.4 is 5.32 Å². The Morgan fingerprint density at radius 1 is 1.41 bits per heavy atom. The van der Waals surface area contributed by atoms with Gasteiger partial charge in [-0.1, -0.05) is 12.1 Å². The lowest BCUT2D eigenvalue weighted by Crippen LogP contribution is -2.44. The van der Waals surface area contributed by atoms with Gasteiger partial charge in [0, 0.05) is 13.1 Å². The molecule has 3 atom stereocenters. The van der Waals surface area contributed by atoms with Crippen molar-refractivity contribution in [1.82, 2.24) is 10.2 Å². The zero-order valence-corrected chi connectivity index (χ0v) is 13.3. The average molecular weight is 308 g/mol. The van der Waals surface area contributed by atoms with Crippen molar-refractivity contribution in [2.24, 2.45) is 5.92 Å². The monoisotopic (exact) mass is 308 g/mol. The van der Waals surface area contributed by atoms with Gasteiger partial charge in [-0.3, -0.25) is 9.69 Å². The number of aliphatic hydroxyl groups is 1. The van der Waals surface area contributed by atoms with E-state index in [1.807, 2.05) is 13.8 Å². The first-order valence-corrected chi connectivity index (χ1v) is 7.91. The topological polar surface area (TPSA) is 52.6 Å². The summed E-state index contributed by atoms with van der Waals surface area (Å²) in [5.41, 5.74) is 1.00. The Hall–Kier alpha value is -1.46. The summed E-state index contributed by atoms with van der Waals surface area (Å²) < 4.78 is 12.8. The predicted molar refractivity (Wildman–Crippen MR) is 83.9 cm³/mol. The van der Waals surface area contributed by atoms with Gasteiger partial charge in [0.2, 0.25) is 5.91 Å². The molecule has 1 heterocycles. The molecule has 0 aliphatic carbocycles. The molecular formula is C17H25FN2O2. The molecule has 1 amide bonds. The Morgan fingerprint density at radius 2 is 2.09 bits per heavy atom. The van der Waals surface area contributed by atoms with Crippen LogP contribution in [0.5, 0.6) is 0 Å². The second-order valence-corrected chi connectivity index (χ2v) is 6.13. The molecular weight excluding hydrogens is 283 g/mol. The van der Waals surface area contributed by atoms with Crippen molar-refractivity contribution < 1.29 is 14.3 Å². The molecule has 0 bridgehead atoms. The van der Waals surface area contributed by atoms with Crippen molar-refractivity contribution in [1.29, 1.82) is 0 Å². The molecule has 1 aromatic carbocycles. The normalized spacial score (nSPS) is 21.5. The van der Waals surface area contributed by atoms with E-state index in [0.29, 0.717) is 13.0 Å². The summed E-state index contributed by atoms with van der Waals surface area (Å²) in [7, 11) is 0. The molecule has 2 N–H and O–H groups in total. The summed E-state index contributed by atoms with van der Waals surface area (Å²) in [6, 6.07) is 6.15. The minimum atomic E-state index is -0.321. The quantitative estimate of drug-likeness (QED) is 0.839. The zero-order chi connectivity index (χ0) is 16.1. The standard InChI is InChI=1S/C17H25FN2O2/c1-12(20-10-8-15(11-20)13(2)21)17(22)19-9-7-14-3-5-16(18)6-4-14/h3-6,12-13,15,21H,7-11H2,1-2H3,(H,19,22). The smallest absolute Gasteiger partial charge is 0.237 e. The van der Waals surface area contributed by atoms with Gasteiger partial charge < -0.3 is 10.4 Å². The summed E-state index contributed by atoms with van der Waals surface area (Å²) in [4.78, 5) is 14.3. The molecule has 1 aliphatic rings. The number of hydrogen-bond donors (Lipinski definition) is 2. The van der Waals surface area contributed by atoms with E-state index in [0.717, 1.165) is 25.1 Å². The SMILES string of the molecule is CC(O)C1CCN(C(C)C(=O)NCCc2ccc(F)cc2)C1. The molecule has 1 aromatic rings. The number of nitrogens with zero attached hydrogens (tertiary/aromatic N) is 1. The zero-order valence-electron chi connectivity index (χ0n) is 13.3.